The number of ether oxygens (including phenoxy) is 1. The summed E-state index contributed by atoms with van der Waals surface area (Å²) in [6.07, 6.45) is 1.30. The fourth-order valence-electron chi connectivity index (χ4n) is 1.34. The number of nitro benzene ring substituents is 1. The van der Waals surface area contributed by atoms with Gasteiger partial charge < -0.3 is 15.2 Å². The zero-order valence-corrected chi connectivity index (χ0v) is 11.7. The summed E-state index contributed by atoms with van der Waals surface area (Å²) in [6.45, 7) is 2.52. The maximum Gasteiger partial charge on any atom is 0.266 e. The fraction of sp³-hybridized carbons (Fsp3) is 0.273. The van der Waals surface area contributed by atoms with E-state index in [0.29, 0.717) is 17.2 Å². The Morgan fingerprint density at radius 3 is 2.85 bits per heavy atom. The molecule has 9 heteroatoms. The first-order valence-electron chi connectivity index (χ1n) is 5.60. The van der Waals surface area contributed by atoms with Gasteiger partial charge in [0.1, 0.15) is 5.75 Å². The van der Waals surface area contributed by atoms with Crippen LogP contribution in [0.4, 0.5) is 5.69 Å². The predicted octanol–water partition coefficient (Wildman–Crippen LogP) is 0.495. The minimum atomic E-state index is -0.772. The highest BCUT2D eigenvalue weighted by Crippen LogP contribution is 2.33. The van der Waals surface area contributed by atoms with Gasteiger partial charge in [0.25, 0.3) is 5.69 Å². The number of hydrogen-bond donors (Lipinski definition) is 2. The summed E-state index contributed by atoms with van der Waals surface area (Å²) in [5.41, 5.74) is 2.31. The lowest BCUT2D eigenvalue weighted by atomic mass is 10.2. The zero-order valence-electron chi connectivity index (χ0n) is 10.9. The summed E-state index contributed by atoms with van der Waals surface area (Å²) in [5, 5.41) is 29.3. The third-order valence-corrected chi connectivity index (χ3v) is 2.43. The molecule has 0 saturated heterocycles. The van der Waals surface area contributed by atoms with E-state index in [-0.39, 0.29) is 5.75 Å². The molecular formula is C11H13N4O4S-. The van der Waals surface area contributed by atoms with Crippen LogP contribution in [0.15, 0.2) is 17.2 Å². The molecule has 0 amide bonds. The molecule has 1 aromatic rings. The maximum absolute atomic E-state index is 11.6. The Morgan fingerprint density at radius 2 is 2.30 bits per heavy atom. The van der Waals surface area contributed by atoms with E-state index in [1.54, 1.807) is 0 Å². The van der Waals surface area contributed by atoms with E-state index in [2.05, 4.69) is 15.8 Å². The molecule has 0 saturated carbocycles. The summed E-state index contributed by atoms with van der Waals surface area (Å²) in [5.74, 6) is -0.888. The molecule has 108 valence electrons. The second-order valence-electron chi connectivity index (χ2n) is 3.56. The normalized spacial score (nSPS) is 10.3. The molecule has 0 heterocycles. The molecule has 0 fully saturated rings. The van der Waals surface area contributed by atoms with Crippen LogP contribution in [0.2, 0.25) is 0 Å². The van der Waals surface area contributed by atoms with E-state index < -0.39 is 16.4 Å². The van der Waals surface area contributed by atoms with Crippen LogP contribution < -0.4 is 20.6 Å². The highest BCUT2D eigenvalue weighted by Gasteiger charge is 2.12. The van der Waals surface area contributed by atoms with Gasteiger partial charge in [-0.3, -0.25) is 15.5 Å². The number of nitrogens with one attached hydrogen (secondary N) is 2. The minimum Gasteiger partial charge on any atom is -0.865 e. The lowest BCUT2D eigenvalue weighted by molar-refractivity contribution is -0.398. The molecule has 2 N–H and O–H groups in total. The van der Waals surface area contributed by atoms with Crippen LogP contribution in [0.25, 0.3) is 0 Å². The lowest BCUT2D eigenvalue weighted by Crippen LogP contribution is -2.31. The van der Waals surface area contributed by atoms with Gasteiger partial charge in [0, 0.05) is 23.9 Å². The van der Waals surface area contributed by atoms with Crippen molar-refractivity contribution in [1.29, 1.82) is 0 Å². The Bertz CT molecular complexity index is 547. The van der Waals surface area contributed by atoms with Crippen LogP contribution in [-0.4, -0.2) is 29.9 Å². The number of thiocarbonyl (C=S) groups is 1. The maximum atomic E-state index is 11.6. The Kier molecular flexibility index (Phi) is 5.66. The lowest BCUT2D eigenvalue weighted by Gasteiger charge is -2.13. The molecule has 0 aliphatic carbocycles. The van der Waals surface area contributed by atoms with E-state index >= 15 is 0 Å². The third-order valence-electron chi connectivity index (χ3n) is 2.19. The molecule has 8 nitrogen and oxygen atoms in total. The summed E-state index contributed by atoms with van der Waals surface area (Å²) < 4.78 is 4.81. The smallest absolute Gasteiger partial charge is 0.266 e. The van der Waals surface area contributed by atoms with Crippen molar-refractivity contribution in [1.82, 2.24) is 10.7 Å². The highest BCUT2D eigenvalue weighted by molar-refractivity contribution is 7.80. The topological polar surface area (TPSA) is 112 Å². The Labute approximate surface area is 120 Å². The number of nitrogens with zero attached hydrogens (tertiary/aromatic N) is 2. The zero-order chi connectivity index (χ0) is 15.1. The SMILES string of the molecule is CCNC(=S)N/N=C/c1cc(OC)c([O-])c([N+](=O)[O-])c1. The molecule has 0 aliphatic rings. The Morgan fingerprint density at radius 1 is 1.60 bits per heavy atom. The van der Waals surface area contributed by atoms with Crippen molar-refractivity contribution in [3.05, 3.63) is 27.8 Å². The summed E-state index contributed by atoms with van der Waals surface area (Å²) >= 11 is 4.89. The van der Waals surface area contributed by atoms with Crippen LogP contribution in [0.5, 0.6) is 11.5 Å². The van der Waals surface area contributed by atoms with E-state index in [1.165, 1.54) is 19.4 Å². The van der Waals surface area contributed by atoms with Crippen molar-refractivity contribution in [2.75, 3.05) is 13.7 Å². The van der Waals surface area contributed by atoms with Crippen LogP contribution in [0, 0.1) is 10.1 Å². The largest absolute Gasteiger partial charge is 0.865 e. The van der Waals surface area contributed by atoms with Crippen LogP contribution in [0.1, 0.15) is 12.5 Å². The summed E-state index contributed by atoms with van der Waals surface area (Å²) in [4.78, 5) is 10.0. The minimum absolute atomic E-state index is 0.116. The molecular weight excluding hydrogens is 284 g/mol. The molecule has 1 aromatic carbocycles. The van der Waals surface area contributed by atoms with Gasteiger partial charge in [-0.05, 0) is 25.2 Å². The van der Waals surface area contributed by atoms with Gasteiger partial charge in [0.05, 0.1) is 18.2 Å². The second-order valence-corrected chi connectivity index (χ2v) is 3.97. The molecule has 20 heavy (non-hydrogen) atoms. The predicted molar refractivity (Wildman–Crippen MR) is 76.1 cm³/mol. The average molecular weight is 297 g/mol. The number of hydrogen-bond acceptors (Lipinski definition) is 6. The van der Waals surface area contributed by atoms with Gasteiger partial charge >= 0.3 is 0 Å². The molecule has 0 atom stereocenters. The van der Waals surface area contributed by atoms with Gasteiger partial charge in [-0.1, -0.05) is 0 Å². The Balaban J connectivity index is 2.95. The first kappa shape index (κ1) is 15.6. The Hall–Kier alpha value is -2.42. The summed E-state index contributed by atoms with van der Waals surface area (Å²) in [7, 11) is 1.26. The quantitative estimate of drug-likeness (QED) is 0.352. The molecule has 0 radical (unpaired) electrons. The van der Waals surface area contributed by atoms with E-state index in [9.17, 15) is 15.2 Å². The number of methoxy groups -OCH3 is 1. The fourth-order valence-corrected chi connectivity index (χ4v) is 1.53. The van der Waals surface area contributed by atoms with Crippen molar-refractivity contribution in [3.63, 3.8) is 0 Å². The van der Waals surface area contributed by atoms with E-state index in [1.807, 2.05) is 6.92 Å². The number of hydrazone groups is 1. The molecule has 0 unspecified atom stereocenters. The van der Waals surface area contributed by atoms with Gasteiger partial charge in [0.15, 0.2) is 5.11 Å². The van der Waals surface area contributed by atoms with E-state index in [0.717, 1.165) is 6.07 Å². The first-order valence-corrected chi connectivity index (χ1v) is 6.00. The van der Waals surface area contributed by atoms with Gasteiger partial charge in [-0.25, -0.2) is 0 Å². The average Bonchev–Trinajstić information content (AvgIpc) is 2.40. The van der Waals surface area contributed by atoms with Gasteiger partial charge in [-0.15, -0.1) is 0 Å². The number of rotatable bonds is 5. The third kappa shape index (κ3) is 4.05. The number of nitro groups is 1. The number of benzene rings is 1. The summed E-state index contributed by atoms with van der Waals surface area (Å²) in [6, 6.07) is 2.48. The standard InChI is InChI=1S/C11H14N4O4S/c1-3-12-11(20)14-13-6-7-4-8(15(17)18)10(16)9(5-7)19-2/h4-6,16H,3H2,1-2H3,(H2,12,14,20)/p-1/b13-6+. The van der Waals surface area contributed by atoms with Gasteiger partial charge in [0.2, 0.25) is 0 Å². The molecule has 0 spiro atoms. The van der Waals surface area contributed by atoms with Gasteiger partial charge in [-0.2, -0.15) is 5.10 Å². The molecule has 0 bridgehead atoms. The second kappa shape index (κ2) is 7.24. The van der Waals surface area contributed by atoms with Crippen molar-refractivity contribution < 1.29 is 14.8 Å². The molecule has 0 aromatic heterocycles. The molecule has 1 rings (SSSR count). The van der Waals surface area contributed by atoms with Crippen LogP contribution in [0.3, 0.4) is 0 Å². The van der Waals surface area contributed by atoms with Crippen molar-refractivity contribution in [3.8, 4) is 11.5 Å². The monoisotopic (exact) mass is 297 g/mol. The highest BCUT2D eigenvalue weighted by atomic mass is 32.1. The van der Waals surface area contributed by atoms with Crippen molar-refractivity contribution in [2.24, 2.45) is 5.10 Å². The van der Waals surface area contributed by atoms with Crippen LogP contribution in [-0.2, 0) is 0 Å². The van der Waals surface area contributed by atoms with Crippen LogP contribution >= 0.6 is 12.2 Å². The first-order chi connectivity index (χ1) is 9.49. The van der Waals surface area contributed by atoms with Crippen molar-refractivity contribution in [2.45, 2.75) is 6.92 Å². The van der Waals surface area contributed by atoms with E-state index in [4.69, 9.17) is 17.0 Å². The van der Waals surface area contributed by atoms with Crippen molar-refractivity contribution >= 4 is 29.2 Å². The molecule has 0 aliphatic heterocycles.